The number of hydrogen-bond donors (Lipinski definition) is 1. The van der Waals surface area contributed by atoms with E-state index in [0.717, 1.165) is 19.4 Å². The smallest absolute Gasteiger partial charge is 0.0576 e. The molecule has 1 heterocycles. The molecule has 0 saturated carbocycles. The molecule has 1 N–H and O–H groups in total. The van der Waals surface area contributed by atoms with Gasteiger partial charge in [0, 0.05) is 12.6 Å². The van der Waals surface area contributed by atoms with Crippen molar-refractivity contribution in [3.05, 3.63) is 35.4 Å². The molecule has 1 aromatic rings. The maximum Gasteiger partial charge on any atom is 0.0576 e. The Bertz CT molecular complexity index is 416. The first-order valence-electron chi connectivity index (χ1n) is 7.90. The summed E-state index contributed by atoms with van der Waals surface area (Å²) in [5, 5.41) is 3.50. The fourth-order valence-corrected chi connectivity index (χ4v) is 3.16. The lowest BCUT2D eigenvalue weighted by Gasteiger charge is -2.28. The van der Waals surface area contributed by atoms with Crippen molar-refractivity contribution in [3.8, 4) is 0 Å². The summed E-state index contributed by atoms with van der Waals surface area (Å²) in [6.45, 7) is 7.82. The van der Waals surface area contributed by atoms with Gasteiger partial charge in [0.2, 0.25) is 0 Å². The van der Waals surface area contributed by atoms with Gasteiger partial charge in [-0.3, -0.25) is 0 Å². The zero-order valence-electron chi connectivity index (χ0n) is 13.4. The third-order valence-electron chi connectivity index (χ3n) is 4.29. The van der Waals surface area contributed by atoms with E-state index in [4.69, 9.17) is 4.74 Å². The molecule has 2 rings (SSSR count). The maximum atomic E-state index is 5.75. The fraction of sp³-hybridized carbons (Fsp3) is 0.667. The Labute approximate surface area is 123 Å². The van der Waals surface area contributed by atoms with Crippen LogP contribution in [0, 0.1) is 0 Å². The molecule has 20 heavy (non-hydrogen) atoms. The summed E-state index contributed by atoms with van der Waals surface area (Å²) >= 11 is 0. The minimum absolute atomic E-state index is 0.190. The van der Waals surface area contributed by atoms with Crippen LogP contribution in [0.25, 0.3) is 0 Å². The average molecular weight is 275 g/mol. The molecule has 2 heteroatoms. The highest BCUT2D eigenvalue weighted by atomic mass is 16.5. The van der Waals surface area contributed by atoms with Crippen LogP contribution in [-0.2, 0) is 10.2 Å². The van der Waals surface area contributed by atoms with E-state index < -0.39 is 0 Å². The second-order valence-corrected chi connectivity index (χ2v) is 6.89. The van der Waals surface area contributed by atoms with Crippen molar-refractivity contribution in [2.24, 2.45) is 0 Å². The molecular formula is C18H29NO. The summed E-state index contributed by atoms with van der Waals surface area (Å²) in [6, 6.07) is 9.27. The third kappa shape index (κ3) is 3.83. The predicted octanol–water partition coefficient (Wildman–Crippen LogP) is 4.20. The van der Waals surface area contributed by atoms with E-state index in [0.29, 0.717) is 12.1 Å². The number of ether oxygens (including phenoxy) is 1. The Morgan fingerprint density at radius 1 is 1.30 bits per heavy atom. The Hall–Kier alpha value is -0.860. The Kier molecular flexibility index (Phi) is 5.22. The first kappa shape index (κ1) is 15.5. The monoisotopic (exact) mass is 275 g/mol. The van der Waals surface area contributed by atoms with Gasteiger partial charge in [0.05, 0.1) is 6.10 Å². The second-order valence-electron chi connectivity index (χ2n) is 6.89. The van der Waals surface area contributed by atoms with Crippen LogP contribution in [0.4, 0.5) is 0 Å². The highest BCUT2D eigenvalue weighted by Crippen LogP contribution is 2.32. The highest BCUT2D eigenvalue weighted by Gasteiger charge is 2.23. The van der Waals surface area contributed by atoms with Crippen LogP contribution in [0.2, 0.25) is 0 Å². The first-order chi connectivity index (χ1) is 9.52. The molecule has 0 radical (unpaired) electrons. The highest BCUT2D eigenvalue weighted by molar-refractivity contribution is 5.35. The van der Waals surface area contributed by atoms with Gasteiger partial charge in [-0.2, -0.15) is 0 Å². The lowest BCUT2D eigenvalue weighted by molar-refractivity contribution is 0.0998. The van der Waals surface area contributed by atoms with Crippen molar-refractivity contribution < 1.29 is 4.74 Å². The van der Waals surface area contributed by atoms with Gasteiger partial charge in [0.15, 0.2) is 0 Å². The minimum Gasteiger partial charge on any atom is -0.378 e. The fourth-order valence-electron chi connectivity index (χ4n) is 3.16. The quantitative estimate of drug-likeness (QED) is 0.869. The molecule has 1 aromatic carbocycles. The number of hydrogen-bond acceptors (Lipinski definition) is 2. The summed E-state index contributed by atoms with van der Waals surface area (Å²) in [6.07, 6.45) is 5.25. The van der Waals surface area contributed by atoms with E-state index in [1.807, 2.05) is 0 Å². The van der Waals surface area contributed by atoms with Gasteiger partial charge in [-0.25, -0.2) is 0 Å². The van der Waals surface area contributed by atoms with Crippen molar-refractivity contribution in [3.63, 3.8) is 0 Å². The molecule has 1 aliphatic rings. The van der Waals surface area contributed by atoms with Crippen molar-refractivity contribution in [2.75, 3.05) is 13.7 Å². The Morgan fingerprint density at radius 3 is 2.65 bits per heavy atom. The lowest BCUT2D eigenvalue weighted by atomic mass is 9.81. The van der Waals surface area contributed by atoms with Crippen molar-refractivity contribution in [1.82, 2.24) is 5.32 Å². The van der Waals surface area contributed by atoms with Gasteiger partial charge in [-0.1, -0.05) is 45.0 Å². The minimum atomic E-state index is 0.190. The van der Waals surface area contributed by atoms with E-state index in [9.17, 15) is 0 Å². The second kappa shape index (κ2) is 6.73. The molecule has 0 amide bonds. The summed E-state index contributed by atoms with van der Waals surface area (Å²) in [5.74, 6) is 0. The van der Waals surface area contributed by atoms with Crippen LogP contribution in [0.15, 0.2) is 24.3 Å². The molecule has 2 unspecified atom stereocenters. The molecule has 0 spiro atoms. The van der Waals surface area contributed by atoms with Crippen molar-refractivity contribution in [2.45, 2.75) is 64.0 Å². The molecule has 0 bridgehead atoms. The standard InChI is InChI=1S/C18H29NO/c1-18(2,3)16-10-6-5-9-15(16)17(19-4)12-11-14-8-7-13-20-14/h5-6,9-10,14,17,19H,7-8,11-13H2,1-4H3. The Balaban J connectivity index is 2.10. The summed E-state index contributed by atoms with van der Waals surface area (Å²) in [7, 11) is 2.07. The molecule has 0 aliphatic carbocycles. The molecule has 1 saturated heterocycles. The van der Waals surface area contributed by atoms with Gasteiger partial charge in [-0.05, 0) is 49.3 Å². The topological polar surface area (TPSA) is 21.3 Å². The Morgan fingerprint density at radius 2 is 2.05 bits per heavy atom. The van der Waals surface area contributed by atoms with Gasteiger partial charge in [-0.15, -0.1) is 0 Å². The van der Waals surface area contributed by atoms with Crippen molar-refractivity contribution >= 4 is 0 Å². The zero-order valence-corrected chi connectivity index (χ0v) is 13.4. The van der Waals surface area contributed by atoms with Crippen LogP contribution in [-0.4, -0.2) is 19.8 Å². The molecule has 0 aromatic heterocycles. The molecule has 2 nitrogen and oxygen atoms in total. The average Bonchev–Trinajstić information content (AvgIpc) is 2.92. The SMILES string of the molecule is CNC(CCC1CCCO1)c1ccccc1C(C)(C)C. The van der Waals surface area contributed by atoms with E-state index in [1.165, 1.54) is 24.0 Å². The summed E-state index contributed by atoms with van der Waals surface area (Å²) in [5.41, 5.74) is 3.09. The first-order valence-corrected chi connectivity index (χ1v) is 7.90. The van der Waals surface area contributed by atoms with Crippen LogP contribution < -0.4 is 5.32 Å². The van der Waals surface area contributed by atoms with E-state index >= 15 is 0 Å². The molecule has 1 aliphatic heterocycles. The van der Waals surface area contributed by atoms with E-state index in [1.54, 1.807) is 0 Å². The van der Waals surface area contributed by atoms with Crippen molar-refractivity contribution in [1.29, 1.82) is 0 Å². The molecule has 112 valence electrons. The largest absolute Gasteiger partial charge is 0.378 e. The molecule has 2 atom stereocenters. The van der Waals surface area contributed by atoms with Crippen LogP contribution in [0.5, 0.6) is 0 Å². The molecular weight excluding hydrogens is 246 g/mol. The van der Waals surface area contributed by atoms with Gasteiger partial charge in [0.1, 0.15) is 0 Å². The van der Waals surface area contributed by atoms with Gasteiger partial charge >= 0.3 is 0 Å². The van der Waals surface area contributed by atoms with Crippen LogP contribution in [0.1, 0.15) is 63.6 Å². The number of benzene rings is 1. The molecule has 1 fully saturated rings. The zero-order chi connectivity index (χ0) is 14.6. The predicted molar refractivity (Wildman–Crippen MR) is 85.2 cm³/mol. The third-order valence-corrected chi connectivity index (χ3v) is 4.29. The van der Waals surface area contributed by atoms with Crippen LogP contribution in [0.3, 0.4) is 0 Å². The van der Waals surface area contributed by atoms with Crippen LogP contribution >= 0.6 is 0 Å². The van der Waals surface area contributed by atoms with E-state index in [2.05, 4.69) is 57.4 Å². The van der Waals surface area contributed by atoms with Gasteiger partial charge in [0.25, 0.3) is 0 Å². The number of rotatable bonds is 5. The normalized spacial score (nSPS) is 21.1. The van der Waals surface area contributed by atoms with E-state index in [-0.39, 0.29) is 5.41 Å². The maximum absolute atomic E-state index is 5.75. The number of nitrogens with one attached hydrogen (secondary N) is 1. The lowest BCUT2D eigenvalue weighted by Crippen LogP contribution is -2.23. The summed E-state index contributed by atoms with van der Waals surface area (Å²) < 4.78 is 5.75. The summed E-state index contributed by atoms with van der Waals surface area (Å²) in [4.78, 5) is 0. The van der Waals surface area contributed by atoms with Gasteiger partial charge < -0.3 is 10.1 Å².